The first-order valence-corrected chi connectivity index (χ1v) is 7.20. The molecule has 18 heavy (non-hydrogen) atoms. The summed E-state index contributed by atoms with van der Waals surface area (Å²) in [6.45, 7) is 8.35. The van der Waals surface area contributed by atoms with Crippen molar-refractivity contribution in [1.82, 2.24) is 0 Å². The molecule has 0 fully saturated rings. The van der Waals surface area contributed by atoms with Gasteiger partial charge in [-0.2, -0.15) is 0 Å². The molecule has 0 amide bonds. The number of Topliss-reactive ketones (excluding diaryl/α,β-unsaturated/α-hetero) is 1. The van der Waals surface area contributed by atoms with Gasteiger partial charge in [0.1, 0.15) is 12.4 Å². The Morgan fingerprint density at radius 3 is 2.56 bits per heavy atom. The van der Waals surface area contributed by atoms with E-state index in [4.69, 9.17) is 4.74 Å². The Morgan fingerprint density at radius 1 is 1.33 bits per heavy atom. The first kappa shape index (κ1) is 15.2. The first-order chi connectivity index (χ1) is 8.45. The molecule has 2 nitrogen and oxygen atoms in total. The Hall–Kier alpha value is -0.830. The lowest BCUT2D eigenvalue weighted by molar-refractivity contribution is -0.124. The predicted octanol–water partition coefficient (Wildman–Crippen LogP) is 4.57. The highest BCUT2D eigenvalue weighted by atomic mass is 79.9. The van der Waals surface area contributed by atoms with E-state index in [1.54, 1.807) is 0 Å². The number of benzene rings is 1. The van der Waals surface area contributed by atoms with Crippen LogP contribution in [0, 0.1) is 5.92 Å². The Kier molecular flexibility index (Phi) is 5.86. The second-order valence-corrected chi connectivity index (χ2v) is 5.82. The number of ketones is 1. The molecule has 0 radical (unpaired) electrons. The van der Waals surface area contributed by atoms with Crippen molar-refractivity contribution >= 4 is 21.7 Å². The lowest BCUT2D eigenvalue weighted by Crippen LogP contribution is -2.19. The molecule has 1 rings (SSSR count). The van der Waals surface area contributed by atoms with Gasteiger partial charge in [-0.1, -0.05) is 43.6 Å². The third-order valence-corrected chi connectivity index (χ3v) is 3.62. The van der Waals surface area contributed by atoms with E-state index >= 15 is 0 Å². The first-order valence-electron chi connectivity index (χ1n) is 6.40. The van der Waals surface area contributed by atoms with Crippen LogP contribution in [-0.2, 0) is 4.79 Å². The lowest BCUT2D eigenvalue weighted by Gasteiger charge is -2.15. The smallest absolute Gasteiger partial charge is 0.172 e. The second kappa shape index (κ2) is 6.93. The van der Waals surface area contributed by atoms with E-state index < -0.39 is 0 Å². The molecule has 1 aromatic carbocycles. The Labute approximate surface area is 118 Å². The summed E-state index contributed by atoms with van der Waals surface area (Å²) >= 11 is 3.46. The van der Waals surface area contributed by atoms with Crippen molar-refractivity contribution in [3.63, 3.8) is 0 Å². The van der Waals surface area contributed by atoms with Crippen LogP contribution in [0.4, 0.5) is 0 Å². The monoisotopic (exact) mass is 312 g/mol. The number of carbonyl (C=O) groups is 1. The molecule has 0 N–H and O–H groups in total. The molecule has 100 valence electrons. The van der Waals surface area contributed by atoms with E-state index in [1.165, 1.54) is 0 Å². The lowest BCUT2D eigenvalue weighted by atomic mass is 10.0. The van der Waals surface area contributed by atoms with Crippen molar-refractivity contribution < 1.29 is 9.53 Å². The molecular weight excluding hydrogens is 292 g/mol. The number of halogens is 1. The van der Waals surface area contributed by atoms with Crippen LogP contribution in [0.3, 0.4) is 0 Å². The van der Waals surface area contributed by atoms with E-state index in [0.717, 1.165) is 22.2 Å². The molecule has 0 saturated heterocycles. The van der Waals surface area contributed by atoms with Crippen LogP contribution in [0.2, 0.25) is 0 Å². The van der Waals surface area contributed by atoms with Crippen molar-refractivity contribution in [3.05, 3.63) is 28.2 Å². The quantitative estimate of drug-likeness (QED) is 0.769. The van der Waals surface area contributed by atoms with E-state index in [9.17, 15) is 4.79 Å². The van der Waals surface area contributed by atoms with Gasteiger partial charge in [-0.05, 0) is 36.1 Å². The van der Waals surface area contributed by atoms with Crippen LogP contribution in [0.5, 0.6) is 5.75 Å². The predicted molar refractivity (Wildman–Crippen MR) is 78.2 cm³/mol. The van der Waals surface area contributed by atoms with Crippen molar-refractivity contribution in [2.45, 2.75) is 40.0 Å². The van der Waals surface area contributed by atoms with Gasteiger partial charge in [-0.25, -0.2) is 0 Å². The van der Waals surface area contributed by atoms with Crippen molar-refractivity contribution in [1.29, 1.82) is 0 Å². The van der Waals surface area contributed by atoms with Crippen LogP contribution >= 0.6 is 15.9 Å². The third-order valence-electron chi connectivity index (χ3n) is 3.13. The number of hydrogen-bond acceptors (Lipinski definition) is 2. The fourth-order valence-corrected chi connectivity index (χ4v) is 2.00. The third kappa shape index (κ3) is 4.13. The molecule has 1 unspecified atom stereocenters. The minimum Gasteiger partial charge on any atom is -0.486 e. The van der Waals surface area contributed by atoms with Crippen molar-refractivity contribution in [3.8, 4) is 5.75 Å². The molecule has 0 aromatic heterocycles. The molecule has 1 aromatic rings. The van der Waals surface area contributed by atoms with Crippen LogP contribution in [0.1, 0.15) is 45.6 Å². The van der Waals surface area contributed by atoms with Gasteiger partial charge in [0.2, 0.25) is 0 Å². The molecule has 0 saturated carbocycles. The van der Waals surface area contributed by atoms with E-state index in [2.05, 4.69) is 29.8 Å². The van der Waals surface area contributed by atoms with Gasteiger partial charge in [0.25, 0.3) is 0 Å². The maximum Gasteiger partial charge on any atom is 0.172 e. The fraction of sp³-hybridized carbons (Fsp3) is 0.533. The van der Waals surface area contributed by atoms with Crippen LogP contribution < -0.4 is 4.74 Å². The highest BCUT2D eigenvalue weighted by Gasteiger charge is 2.14. The summed E-state index contributed by atoms with van der Waals surface area (Å²) in [5, 5.41) is 0. The van der Waals surface area contributed by atoms with Crippen molar-refractivity contribution in [2.75, 3.05) is 6.61 Å². The summed E-state index contributed by atoms with van der Waals surface area (Å²) in [7, 11) is 0. The molecule has 0 aliphatic carbocycles. The Bertz CT molecular complexity index is 413. The van der Waals surface area contributed by atoms with Gasteiger partial charge in [-0.3, -0.25) is 4.79 Å². The highest BCUT2D eigenvalue weighted by molar-refractivity contribution is 9.10. The number of rotatable bonds is 6. The highest BCUT2D eigenvalue weighted by Crippen LogP contribution is 2.29. The molecular formula is C15H21BrO2. The van der Waals surface area contributed by atoms with Gasteiger partial charge in [-0.15, -0.1) is 0 Å². The molecule has 1 atom stereocenters. The van der Waals surface area contributed by atoms with E-state index in [-0.39, 0.29) is 18.3 Å². The zero-order chi connectivity index (χ0) is 13.7. The zero-order valence-electron chi connectivity index (χ0n) is 11.5. The molecule has 3 heteroatoms. The Morgan fingerprint density at radius 2 is 2.00 bits per heavy atom. The number of carbonyl (C=O) groups excluding carboxylic acids is 1. The van der Waals surface area contributed by atoms with Gasteiger partial charge in [0, 0.05) is 10.4 Å². The zero-order valence-corrected chi connectivity index (χ0v) is 13.1. The minimum absolute atomic E-state index is 0.0722. The van der Waals surface area contributed by atoms with Gasteiger partial charge < -0.3 is 4.74 Å². The summed E-state index contributed by atoms with van der Waals surface area (Å²) in [6, 6.07) is 5.91. The van der Waals surface area contributed by atoms with E-state index in [1.807, 2.05) is 32.0 Å². The van der Waals surface area contributed by atoms with Crippen LogP contribution in [0.15, 0.2) is 22.7 Å². The maximum atomic E-state index is 11.8. The summed E-state index contributed by atoms with van der Waals surface area (Å²) in [4.78, 5) is 11.8. The average Bonchev–Trinajstić information content (AvgIpc) is 2.35. The topological polar surface area (TPSA) is 26.3 Å². The molecule has 0 aliphatic heterocycles. The molecule has 0 spiro atoms. The maximum absolute atomic E-state index is 11.8. The van der Waals surface area contributed by atoms with Crippen LogP contribution in [-0.4, -0.2) is 12.4 Å². The fourth-order valence-electron chi connectivity index (χ4n) is 1.62. The van der Waals surface area contributed by atoms with Crippen molar-refractivity contribution in [2.24, 2.45) is 5.92 Å². The Balaban J connectivity index is 2.76. The largest absolute Gasteiger partial charge is 0.486 e. The summed E-state index contributed by atoms with van der Waals surface area (Å²) in [5.74, 6) is 1.42. The molecule has 0 heterocycles. The summed E-state index contributed by atoms with van der Waals surface area (Å²) < 4.78 is 6.70. The van der Waals surface area contributed by atoms with E-state index in [0.29, 0.717) is 5.92 Å². The normalized spacial score (nSPS) is 12.6. The van der Waals surface area contributed by atoms with Gasteiger partial charge in [0.15, 0.2) is 5.78 Å². The van der Waals surface area contributed by atoms with Gasteiger partial charge in [0.05, 0.1) is 0 Å². The summed E-state index contributed by atoms with van der Waals surface area (Å²) in [6.07, 6.45) is 0.861. The summed E-state index contributed by atoms with van der Waals surface area (Å²) in [5.41, 5.74) is 1.13. The molecule has 0 aliphatic rings. The number of ether oxygens (including phenoxy) is 1. The average molecular weight is 313 g/mol. The standard InChI is InChI=1S/C15H21BrO2/c1-5-11(4)14(17)9-18-15-7-6-12(16)8-13(15)10(2)3/h6-8,10-11H,5,9H2,1-4H3. The molecule has 0 bridgehead atoms. The van der Waals surface area contributed by atoms with Gasteiger partial charge >= 0.3 is 0 Å². The minimum atomic E-state index is 0.0722. The SMILES string of the molecule is CCC(C)C(=O)COc1ccc(Br)cc1C(C)C. The van der Waals surface area contributed by atoms with Crippen LogP contribution in [0.25, 0.3) is 0 Å². The number of hydrogen-bond donors (Lipinski definition) is 0. The second-order valence-electron chi connectivity index (χ2n) is 4.90.